The first kappa shape index (κ1) is 22.2. The van der Waals surface area contributed by atoms with E-state index in [0.717, 1.165) is 5.39 Å². The number of pyridine rings is 1. The van der Waals surface area contributed by atoms with E-state index in [2.05, 4.69) is 10.3 Å². The Morgan fingerprint density at radius 3 is 2.53 bits per heavy atom. The summed E-state index contributed by atoms with van der Waals surface area (Å²) in [6.07, 6.45) is 0. The summed E-state index contributed by atoms with van der Waals surface area (Å²) in [5.41, 5.74) is 1.88. The average Bonchev–Trinajstić information content (AvgIpc) is 2.82. The van der Waals surface area contributed by atoms with Crippen LogP contribution in [0.25, 0.3) is 10.9 Å². The number of ether oxygens (including phenoxy) is 1. The van der Waals surface area contributed by atoms with Crippen LogP contribution < -0.4 is 5.32 Å². The van der Waals surface area contributed by atoms with Crippen LogP contribution in [-0.2, 0) is 21.3 Å². The molecule has 0 saturated carbocycles. The van der Waals surface area contributed by atoms with Crippen LogP contribution in [0, 0.1) is 0 Å². The maximum Gasteiger partial charge on any atom is 0.254 e. The lowest BCUT2D eigenvalue weighted by molar-refractivity contribution is 0.0304. The number of hydrogen-bond acceptors (Lipinski definition) is 6. The van der Waals surface area contributed by atoms with Crippen LogP contribution in [0.3, 0.4) is 0 Å². The fourth-order valence-corrected chi connectivity index (χ4v) is 4.78. The molecular formula is C23H26N4O4S. The zero-order chi connectivity index (χ0) is 22.7. The number of nitrogens with one attached hydrogen (secondary N) is 1. The number of morpholine rings is 1. The molecule has 0 spiro atoms. The number of carbonyl (C=O) groups excluding carboxylic acids is 1. The molecule has 1 aliphatic rings. The molecule has 0 unspecified atom stereocenters. The van der Waals surface area contributed by atoms with E-state index in [9.17, 15) is 13.2 Å². The van der Waals surface area contributed by atoms with E-state index in [1.165, 1.54) is 18.4 Å². The van der Waals surface area contributed by atoms with Gasteiger partial charge in [0, 0.05) is 39.1 Å². The topological polar surface area (TPSA) is 91.8 Å². The van der Waals surface area contributed by atoms with Crippen molar-refractivity contribution in [3.63, 3.8) is 0 Å². The first-order chi connectivity index (χ1) is 15.4. The summed E-state index contributed by atoms with van der Waals surface area (Å²) in [6.45, 7) is 2.40. The molecule has 1 aromatic heterocycles. The molecule has 2 aromatic carbocycles. The van der Waals surface area contributed by atoms with Gasteiger partial charge in [0.15, 0.2) is 0 Å². The second kappa shape index (κ2) is 9.23. The van der Waals surface area contributed by atoms with Crippen molar-refractivity contribution < 1.29 is 17.9 Å². The fourth-order valence-electron chi connectivity index (χ4n) is 3.66. The molecule has 168 valence electrons. The molecule has 3 aromatic rings. The highest BCUT2D eigenvalue weighted by Gasteiger charge is 2.23. The number of benzene rings is 2. The summed E-state index contributed by atoms with van der Waals surface area (Å²) in [7, 11) is -0.567. The van der Waals surface area contributed by atoms with Gasteiger partial charge in [-0.2, -0.15) is 0 Å². The predicted molar refractivity (Wildman–Crippen MR) is 123 cm³/mol. The molecule has 1 amide bonds. The maximum atomic E-state index is 13.2. The van der Waals surface area contributed by atoms with Gasteiger partial charge in [0.05, 0.1) is 29.2 Å². The Kier molecular flexibility index (Phi) is 6.40. The van der Waals surface area contributed by atoms with Gasteiger partial charge < -0.3 is 15.0 Å². The number of hydrogen-bond donors (Lipinski definition) is 1. The molecule has 1 saturated heterocycles. The molecule has 1 fully saturated rings. The van der Waals surface area contributed by atoms with Crippen LogP contribution in [0.5, 0.6) is 0 Å². The number of sulfonamides is 1. The van der Waals surface area contributed by atoms with Crippen molar-refractivity contribution in [2.24, 2.45) is 0 Å². The highest BCUT2D eigenvalue weighted by molar-refractivity contribution is 7.89. The fraction of sp³-hybridized carbons (Fsp3) is 0.304. The Bertz CT molecular complexity index is 1240. The van der Waals surface area contributed by atoms with E-state index in [-0.39, 0.29) is 17.3 Å². The van der Waals surface area contributed by atoms with Crippen molar-refractivity contribution in [1.82, 2.24) is 14.2 Å². The molecule has 0 aliphatic carbocycles. The maximum absolute atomic E-state index is 13.2. The first-order valence-corrected chi connectivity index (χ1v) is 11.8. The van der Waals surface area contributed by atoms with Gasteiger partial charge in [0.25, 0.3) is 5.91 Å². The molecule has 32 heavy (non-hydrogen) atoms. The third kappa shape index (κ3) is 4.45. The Morgan fingerprint density at radius 1 is 1.09 bits per heavy atom. The Labute approximate surface area is 187 Å². The molecule has 0 atom stereocenters. The van der Waals surface area contributed by atoms with E-state index >= 15 is 0 Å². The van der Waals surface area contributed by atoms with Crippen molar-refractivity contribution >= 4 is 32.7 Å². The third-order valence-electron chi connectivity index (χ3n) is 5.44. The zero-order valence-corrected chi connectivity index (χ0v) is 18.9. The number of amides is 1. The number of anilines is 1. The van der Waals surface area contributed by atoms with Gasteiger partial charge in [-0.25, -0.2) is 17.7 Å². The predicted octanol–water partition coefficient (Wildman–Crippen LogP) is 2.57. The van der Waals surface area contributed by atoms with Gasteiger partial charge in [0.1, 0.15) is 5.82 Å². The van der Waals surface area contributed by atoms with Crippen LogP contribution in [-0.4, -0.2) is 68.9 Å². The molecule has 1 aliphatic heterocycles. The van der Waals surface area contributed by atoms with Crippen LogP contribution in [0.1, 0.15) is 15.9 Å². The van der Waals surface area contributed by atoms with Gasteiger partial charge >= 0.3 is 0 Å². The summed E-state index contributed by atoms with van der Waals surface area (Å²) in [4.78, 5) is 19.9. The lowest BCUT2D eigenvalue weighted by atomic mass is 10.1. The Balaban J connectivity index is 1.66. The monoisotopic (exact) mass is 454 g/mol. The number of carbonyl (C=O) groups is 1. The summed E-state index contributed by atoms with van der Waals surface area (Å²) < 4.78 is 31.9. The minimum absolute atomic E-state index is 0.0643. The lowest BCUT2D eigenvalue weighted by Gasteiger charge is -2.27. The van der Waals surface area contributed by atoms with E-state index in [4.69, 9.17) is 4.74 Å². The summed E-state index contributed by atoms with van der Waals surface area (Å²) in [6, 6.07) is 16.1. The SMILES string of the molecule is CN(C)S(=O)(=O)c1ccccc1CNc1cc(C(=O)N2CCOCC2)c2ccccc2n1. The van der Waals surface area contributed by atoms with Crippen LogP contribution in [0.15, 0.2) is 59.5 Å². The van der Waals surface area contributed by atoms with Crippen LogP contribution in [0.2, 0.25) is 0 Å². The Hall–Kier alpha value is -3.01. The van der Waals surface area contributed by atoms with Gasteiger partial charge in [-0.3, -0.25) is 4.79 Å². The summed E-state index contributed by atoms with van der Waals surface area (Å²) in [5.74, 6) is 0.447. The second-order valence-electron chi connectivity index (χ2n) is 7.73. The summed E-state index contributed by atoms with van der Waals surface area (Å²) >= 11 is 0. The number of para-hydroxylation sites is 1. The highest BCUT2D eigenvalue weighted by atomic mass is 32.2. The van der Waals surface area contributed by atoms with Crippen LogP contribution in [0.4, 0.5) is 5.82 Å². The summed E-state index contributed by atoms with van der Waals surface area (Å²) in [5, 5.41) is 4.00. The van der Waals surface area contributed by atoms with Gasteiger partial charge in [-0.05, 0) is 23.8 Å². The minimum atomic E-state index is -3.58. The standard InChI is InChI=1S/C23H26N4O4S/c1-26(2)32(29,30)21-10-6-3-7-17(21)16-24-22-15-19(18-8-4-5-9-20(18)25-22)23(28)27-11-13-31-14-12-27/h3-10,15H,11-14,16H2,1-2H3,(H,24,25). The van der Waals surface area contributed by atoms with Gasteiger partial charge in [-0.1, -0.05) is 36.4 Å². The average molecular weight is 455 g/mol. The van der Waals surface area contributed by atoms with Crippen molar-refractivity contribution in [3.8, 4) is 0 Å². The second-order valence-corrected chi connectivity index (χ2v) is 9.85. The highest BCUT2D eigenvalue weighted by Crippen LogP contribution is 2.24. The zero-order valence-electron chi connectivity index (χ0n) is 18.1. The number of aromatic nitrogens is 1. The van der Waals surface area contributed by atoms with Crippen molar-refractivity contribution in [2.75, 3.05) is 45.7 Å². The van der Waals surface area contributed by atoms with E-state index in [1.54, 1.807) is 35.2 Å². The van der Waals surface area contributed by atoms with Gasteiger partial charge in [0.2, 0.25) is 10.0 Å². The van der Waals surface area contributed by atoms with Crippen LogP contribution >= 0.6 is 0 Å². The third-order valence-corrected chi connectivity index (χ3v) is 7.35. The quantitative estimate of drug-likeness (QED) is 0.616. The molecule has 1 N–H and O–H groups in total. The van der Waals surface area contributed by atoms with E-state index < -0.39 is 10.0 Å². The van der Waals surface area contributed by atoms with Crippen molar-refractivity contribution in [3.05, 3.63) is 65.7 Å². The smallest absolute Gasteiger partial charge is 0.254 e. The molecule has 4 rings (SSSR count). The Morgan fingerprint density at radius 2 is 1.78 bits per heavy atom. The first-order valence-electron chi connectivity index (χ1n) is 10.4. The number of fused-ring (bicyclic) bond motifs is 1. The van der Waals surface area contributed by atoms with Gasteiger partial charge in [-0.15, -0.1) is 0 Å². The lowest BCUT2D eigenvalue weighted by Crippen LogP contribution is -2.40. The minimum Gasteiger partial charge on any atom is -0.378 e. The van der Waals surface area contributed by atoms with Crippen molar-refractivity contribution in [2.45, 2.75) is 11.4 Å². The normalized spacial score (nSPS) is 14.7. The molecular weight excluding hydrogens is 428 g/mol. The molecule has 8 nitrogen and oxygen atoms in total. The van der Waals surface area contributed by atoms with E-state index in [0.29, 0.717) is 48.8 Å². The van der Waals surface area contributed by atoms with Crippen molar-refractivity contribution in [1.29, 1.82) is 0 Å². The largest absolute Gasteiger partial charge is 0.378 e. The molecule has 2 heterocycles. The molecule has 0 radical (unpaired) electrons. The molecule has 9 heteroatoms. The number of rotatable bonds is 6. The number of nitrogens with zero attached hydrogens (tertiary/aromatic N) is 3. The van der Waals surface area contributed by atoms with E-state index in [1.807, 2.05) is 24.3 Å². The molecule has 0 bridgehead atoms.